The molecule has 2 aromatic carbocycles. The molecule has 18 heavy (non-hydrogen) atoms. The van der Waals surface area contributed by atoms with Crippen LogP contribution in [0.5, 0.6) is 5.75 Å². The molecule has 0 aliphatic carbocycles. The van der Waals surface area contributed by atoms with E-state index in [0.717, 1.165) is 22.5 Å². The van der Waals surface area contributed by atoms with Crippen LogP contribution in [0.15, 0.2) is 59.0 Å². The highest BCUT2D eigenvalue weighted by molar-refractivity contribution is 5.77. The highest BCUT2D eigenvalue weighted by Crippen LogP contribution is 2.20. The molecule has 0 aliphatic rings. The molecule has 2 heteroatoms. The zero-order valence-electron chi connectivity index (χ0n) is 10.2. The maximum atomic E-state index is 5.71. The lowest BCUT2D eigenvalue weighted by Crippen LogP contribution is -1.93. The van der Waals surface area contributed by atoms with Crippen molar-refractivity contribution >= 4 is 11.0 Å². The molecule has 0 bridgehead atoms. The van der Waals surface area contributed by atoms with E-state index in [1.165, 1.54) is 5.56 Å². The second kappa shape index (κ2) is 4.57. The molecule has 0 amide bonds. The maximum absolute atomic E-state index is 5.71. The van der Waals surface area contributed by atoms with Crippen LogP contribution in [0.4, 0.5) is 0 Å². The molecule has 0 atom stereocenters. The van der Waals surface area contributed by atoms with Crippen molar-refractivity contribution in [2.24, 2.45) is 0 Å². The van der Waals surface area contributed by atoms with Crippen LogP contribution in [0.25, 0.3) is 11.0 Å². The molecule has 1 heterocycles. The SMILES string of the molecule is Cc1cccc(OCc2cc3ccccc3o2)c1. The van der Waals surface area contributed by atoms with Gasteiger partial charge in [0.2, 0.25) is 0 Å². The molecule has 3 rings (SSSR count). The van der Waals surface area contributed by atoms with Crippen molar-refractivity contribution in [1.29, 1.82) is 0 Å². The summed E-state index contributed by atoms with van der Waals surface area (Å²) in [5.74, 6) is 1.72. The van der Waals surface area contributed by atoms with Crippen molar-refractivity contribution in [1.82, 2.24) is 0 Å². The van der Waals surface area contributed by atoms with E-state index in [4.69, 9.17) is 9.15 Å². The Balaban J connectivity index is 1.76. The van der Waals surface area contributed by atoms with Crippen LogP contribution in [0.1, 0.15) is 11.3 Å². The predicted octanol–water partition coefficient (Wildman–Crippen LogP) is 4.32. The zero-order chi connectivity index (χ0) is 12.4. The molecule has 0 aliphatic heterocycles. The Morgan fingerprint density at radius 3 is 2.72 bits per heavy atom. The third kappa shape index (κ3) is 2.23. The third-order valence-electron chi connectivity index (χ3n) is 2.85. The standard InChI is InChI=1S/C16H14O2/c1-12-5-4-7-14(9-12)17-11-15-10-13-6-2-3-8-16(13)18-15/h2-10H,11H2,1H3. The summed E-state index contributed by atoms with van der Waals surface area (Å²) in [5.41, 5.74) is 2.09. The summed E-state index contributed by atoms with van der Waals surface area (Å²) in [6.45, 7) is 2.51. The molecule has 0 saturated carbocycles. The lowest BCUT2D eigenvalue weighted by molar-refractivity contribution is 0.274. The van der Waals surface area contributed by atoms with Gasteiger partial charge < -0.3 is 9.15 Å². The number of fused-ring (bicyclic) bond motifs is 1. The van der Waals surface area contributed by atoms with Crippen molar-refractivity contribution in [3.63, 3.8) is 0 Å². The number of ether oxygens (including phenoxy) is 1. The van der Waals surface area contributed by atoms with E-state index in [2.05, 4.69) is 0 Å². The topological polar surface area (TPSA) is 22.4 Å². The van der Waals surface area contributed by atoms with Crippen molar-refractivity contribution in [2.75, 3.05) is 0 Å². The van der Waals surface area contributed by atoms with Gasteiger partial charge in [-0.15, -0.1) is 0 Å². The summed E-state index contributed by atoms with van der Waals surface area (Å²) in [6.07, 6.45) is 0. The first-order chi connectivity index (χ1) is 8.81. The Labute approximate surface area is 106 Å². The Morgan fingerprint density at radius 1 is 1.00 bits per heavy atom. The smallest absolute Gasteiger partial charge is 0.146 e. The molecule has 0 fully saturated rings. The van der Waals surface area contributed by atoms with E-state index in [9.17, 15) is 0 Å². The molecule has 3 aromatic rings. The monoisotopic (exact) mass is 238 g/mol. The van der Waals surface area contributed by atoms with E-state index in [0.29, 0.717) is 6.61 Å². The van der Waals surface area contributed by atoms with Crippen LogP contribution in [0.2, 0.25) is 0 Å². The van der Waals surface area contributed by atoms with Crippen LogP contribution >= 0.6 is 0 Å². The quantitative estimate of drug-likeness (QED) is 0.678. The summed E-state index contributed by atoms with van der Waals surface area (Å²) in [7, 11) is 0. The molecular weight excluding hydrogens is 224 g/mol. The van der Waals surface area contributed by atoms with Crippen molar-refractivity contribution in [3.8, 4) is 5.75 Å². The molecule has 0 radical (unpaired) electrons. The van der Waals surface area contributed by atoms with Crippen molar-refractivity contribution < 1.29 is 9.15 Å². The van der Waals surface area contributed by atoms with Gasteiger partial charge in [-0.25, -0.2) is 0 Å². The number of para-hydroxylation sites is 1. The fraction of sp³-hybridized carbons (Fsp3) is 0.125. The average Bonchev–Trinajstić information content (AvgIpc) is 2.79. The molecule has 0 unspecified atom stereocenters. The van der Waals surface area contributed by atoms with Gasteiger partial charge in [-0.3, -0.25) is 0 Å². The highest BCUT2D eigenvalue weighted by Gasteiger charge is 2.03. The minimum absolute atomic E-state index is 0.456. The first kappa shape index (κ1) is 10.9. The van der Waals surface area contributed by atoms with Crippen molar-refractivity contribution in [3.05, 3.63) is 65.9 Å². The van der Waals surface area contributed by atoms with Gasteiger partial charge in [-0.2, -0.15) is 0 Å². The van der Waals surface area contributed by atoms with Gasteiger partial charge in [0.1, 0.15) is 23.7 Å². The van der Waals surface area contributed by atoms with Gasteiger partial charge in [0, 0.05) is 5.39 Å². The summed E-state index contributed by atoms with van der Waals surface area (Å²) in [5, 5.41) is 1.11. The predicted molar refractivity (Wildman–Crippen MR) is 71.7 cm³/mol. The van der Waals surface area contributed by atoms with Crippen LogP contribution in [-0.4, -0.2) is 0 Å². The minimum Gasteiger partial charge on any atom is -0.486 e. The van der Waals surface area contributed by atoms with Crippen molar-refractivity contribution in [2.45, 2.75) is 13.5 Å². The lowest BCUT2D eigenvalue weighted by atomic mass is 10.2. The number of furan rings is 1. The second-order valence-electron chi connectivity index (χ2n) is 4.36. The Morgan fingerprint density at radius 2 is 1.89 bits per heavy atom. The van der Waals surface area contributed by atoms with E-state index in [1.807, 2.05) is 61.5 Å². The third-order valence-corrected chi connectivity index (χ3v) is 2.85. The lowest BCUT2D eigenvalue weighted by Gasteiger charge is -2.04. The Kier molecular flexibility index (Phi) is 2.77. The summed E-state index contributed by atoms with van der Waals surface area (Å²) in [6, 6.07) is 18.0. The summed E-state index contributed by atoms with van der Waals surface area (Å²) < 4.78 is 11.4. The number of aryl methyl sites for hydroxylation is 1. The largest absolute Gasteiger partial charge is 0.486 e. The van der Waals surface area contributed by atoms with Crippen LogP contribution < -0.4 is 4.74 Å². The number of hydrogen-bond donors (Lipinski definition) is 0. The zero-order valence-corrected chi connectivity index (χ0v) is 10.2. The molecule has 90 valence electrons. The fourth-order valence-corrected chi connectivity index (χ4v) is 1.97. The first-order valence-electron chi connectivity index (χ1n) is 5.98. The number of rotatable bonds is 3. The summed E-state index contributed by atoms with van der Waals surface area (Å²) in [4.78, 5) is 0. The fourth-order valence-electron chi connectivity index (χ4n) is 1.97. The highest BCUT2D eigenvalue weighted by atomic mass is 16.5. The second-order valence-corrected chi connectivity index (χ2v) is 4.36. The van der Waals surface area contributed by atoms with E-state index in [1.54, 1.807) is 0 Å². The van der Waals surface area contributed by atoms with Gasteiger partial charge >= 0.3 is 0 Å². The average molecular weight is 238 g/mol. The maximum Gasteiger partial charge on any atom is 0.146 e. The molecular formula is C16H14O2. The number of benzene rings is 2. The van der Waals surface area contributed by atoms with Gasteiger partial charge in [0.25, 0.3) is 0 Å². The van der Waals surface area contributed by atoms with Crippen LogP contribution in [-0.2, 0) is 6.61 Å². The van der Waals surface area contributed by atoms with Crippen LogP contribution in [0.3, 0.4) is 0 Å². The first-order valence-corrected chi connectivity index (χ1v) is 5.98. The molecule has 0 spiro atoms. The number of hydrogen-bond acceptors (Lipinski definition) is 2. The Hall–Kier alpha value is -2.22. The van der Waals surface area contributed by atoms with Gasteiger partial charge in [-0.05, 0) is 36.8 Å². The molecule has 0 saturated heterocycles. The van der Waals surface area contributed by atoms with Gasteiger partial charge in [-0.1, -0.05) is 30.3 Å². The van der Waals surface area contributed by atoms with Gasteiger partial charge in [0.05, 0.1) is 0 Å². The van der Waals surface area contributed by atoms with E-state index >= 15 is 0 Å². The van der Waals surface area contributed by atoms with Crippen LogP contribution in [0, 0.1) is 6.92 Å². The molecule has 0 N–H and O–H groups in total. The van der Waals surface area contributed by atoms with E-state index in [-0.39, 0.29) is 0 Å². The molecule has 1 aromatic heterocycles. The Bertz CT molecular complexity index is 634. The minimum atomic E-state index is 0.456. The van der Waals surface area contributed by atoms with Gasteiger partial charge in [0.15, 0.2) is 0 Å². The molecule has 2 nitrogen and oxygen atoms in total. The van der Waals surface area contributed by atoms with E-state index < -0.39 is 0 Å². The summed E-state index contributed by atoms with van der Waals surface area (Å²) >= 11 is 0. The normalized spacial score (nSPS) is 10.7.